The first kappa shape index (κ1) is 26.8. The summed E-state index contributed by atoms with van der Waals surface area (Å²) in [7, 11) is 1.00. The molecule has 11 nitrogen and oxygen atoms in total. The van der Waals surface area contributed by atoms with E-state index in [1.165, 1.54) is 0 Å². The lowest BCUT2D eigenvalue weighted by molar-refractivity contribution is -0.155. The summed E-state index contributed by atoms with van der Waals surface area (Å²) in [4.78, 5) is 40.0. The van der Waals surface area contributed by atoms with Crippen LogP contribution in [-0.4, -0.2) is 82.9 Å². The SMILES string of the molecule is CC(CO)CC(=O)OCC(O)CO.CO.O=COC(=O)CC(=O)O. The van der Waals surface area contributed by atoms with Gasteiger partial charge in [-0.15, -0.1) is 0 Å². The van der Waals surface area contributed by atoms with Crippen LogP contribution in [0.1, 0.15) is 19.8 Å². The summed E-state index contributed by atoms with van der Waals surface area (Å²) in [6.07, 6.45) is -1.68. The van der Waals surface area contributed by atoms with E-state index in [9.17, 15) is 19.2 Å². The normalized spacial score (nSPS) is 11.4. The number of esters is 2. The number of ether oxygens (including phenoxy) is 2. The van der Waals surface area contributed by atoms with Crippen molar-refractivity contribution < 1.29 is 54.2 Å². The van der Waals surface area contributed by atoms with E-state index < -0.39 is 37.0 Å². The third-order valence-corrected chi connectivity index (χ3v) is 1.95. The molecule has 0 aliphatic rings. The summed E-state index contributed by atoms with van der Waals surface area (Å²) in [6.45, 7) is 0.906. The molecule has 5 N–H and O–H groups in total. The third-order valence-electron chi connectivity index (χ3n) is 1.95. The maximum Gasteiger partial charge on any atom is 0.324 e. The van der Waals surface area contributed by atoms with E-state index in [4.69, 9.17) is 25.5 Å². The van der Waals surface area contributed by atoms with Gasteiger partial charge in [-0.2, -0.15) is 0 Å². The third kappa shape index (κ3) is 22.2. The van der Waals surface area contributed by atoms with Gasteiger partial charge in [-0.3, -0.25) is 19.2 Å². The van der Waals surface area contributed by atoms with Gasteiger partial charge < -0.3 is 35.0 Å². The Morgan fingerprint density at radius 2 is 1.62 bits per heavy atom. The van der Waals surface area contributed by atoms with E-state index in [2.05, 4.69) is 9.47 Å². The molecule has 0 bridgehead atoms. The highest BCUT2D eigenvalue weighted by Gasteiger charge is 2.11. The summed E-state index contributed by atoms with van der Waals surface area (Å²) in [6, 6.07) is 0. The molecule has 0 aromatic carbocycles. The Labute approximate surface area is 138 Å². The molecule has 2 atom stereocenters. The number of carbonyl (C=O) groups is 4. The fourth-order valence-electron chi connectivity index (χ4n) is 0.869. The van der Waals surface area contributed by atoms with Gasteiger partial charge in [0.05, 0.1) is 13.0 Å². The highest BCUT2D eigenvalue weighted by atomic mass is 16.6. The Morgan fingerprint density at radius 3 is 2.00 bits per heavy atom. The number of carbonyl (C=O) groups excluding carboxylic acids is 3. The van der Waals surface area contributed by atoms with E-state index in [0.717, 1.165) is 7.11 Å². The van der Waals surface area contributed by atoms with Crippen molar-refractivity contribution in [3.8, 4) is 0 Å². The molecule has 0 rings (SSSR count). The second kappa shape index (κ2) is 19.0. The topological polar surface area (TPSA) is 188 Å². The number of aliphatic carboxylic acids is 1. The Balaban J connectivity index is -0.000000351. The minimum atomic E-state index is -1.32. The minimum Gasteiger partial charge on any atom is -0.481 e. The van der Waals surface area contributed by atoms with Crippen LogP contribution in [0, 0.1) is 5.92 Å². The van der Waals surface area contributed by atoms with Crippen LogP contribution in [0.5, 0.6) is 0 Å². The van der Waals surface area contributed by atoms with Gasteiger partial charge in [-0.05, 0) is 5.92 Å². The quantitative estimate of drug-likeness (QED) is 0.169. The van der Waals surface area contributed by atoms with Crippen molar-refractivity contribution in [2.24, 2.45) is 5.92 Å². The van der Waals surface area contributed by atoms with E-state index in [1.54, 1.807) is 6.92 Å². The molecule has 0 saturated heterocycles. The van der Waals surface area contributed by atoms with Crippen LogP contribution in [0.3, 0.4) is 0 Å². The number of hydrogen-bond donors (Lipinski definition) is 5. The lowest BCUT2D eigenvalue weighted by Crippen LogP contribution is -2.23. The zero-order valence-electron chi connectivity index (χ0n) is 13.5. The molecule has 2 unspecified atom stereocenters. The van der Waals surface area contributed by atoms with E-state index in [1.807, 2.05) is 0 Å². The Kier molecular flexibility index (Phi) is 21.2. The fourth-order valence-corrected chi connectivity index (χ4v) is 0.869. The van der Waals surface area contributed by atoms with Crippen molar-refractivity contribution in [1.29, 1.82) is 0 Å². The van der Waals surface area contributed by atoms with Gasteiger partial charge in [0.25, 0.3) is 0 Å². The highest BCUT2D eigenvalue weighted by Crippen LogP contribution is 2.01. The first-order valence-corrected chi connectivity index (χ1v) is 6.61. The van der Waals surface area contributed by atoms with Gasteiger partial charge in [-0.25, -0.2) is 0 Å². The summed E-state index contributed by atoms with van der Waals surface area (Å²) in [5, 5.41) is 40.7. The molecule has 0 spiro atoms. The fraction of sp³-hybridized carbons (Fsp3) is 0.692. The number of carboxylic acid groups (broad SMARTS) is 1. The number of aliphatic hydroxyl groups is 4. The summed E-state index contributed by atoms with van der Waals surface area (Å²) < 4.78 is 8.26. The van der Waals surface area contributed by atoms with E-state index in [-0.39, 0.29) is 32.0 Å². The molecule has 142 valence electrons. The summed E-state index contributed by atoms with van der Waals surface area (Å²) in [5.41, 5.74) is 0. The smallest absolute Gasteiger partial charge is 0.324 e. The lowest BCUT2D eigenvalue weighted by Gasteiger charge is -2.10. The standard InChI is InChI=1S/C8H16O5.C4H4O5.CH4O/c1-6(3-9)2-8(12)13-5-7(11)4-10;5-2-9-4(8)1-3(6)7;1-2/h6-7,9-11H,2-5H2,1H3;2H,1H2,(H,6,7);2H,1H3. The summed E-state index contributed by atoms with van der Waals surface area (Å²) in [5.74, 6) is -2.99. The maximum absolute atomic E-state index is 10.9. The molecule has 11 heteroatoms. The van der Waals surface area contributed by atoms with Crippen molar-refractivity contribution in [3.63, 3.8) is 0 Å². The predicted molar refractivity (Wildman–Crippen MR) is 77.5 cm³/mol. The van der Waals surface area contributed by atoms with Crippen molar-refractivity contribution >= 4 is 24.4 Å². The van der Waals surface area contributed by atoms with Gasteiger partial charge in [0.1, 0.15) is 19.1 Å². The Morgan fingerprint density at radius 1 is 1.08 bits per heavy atom. The van der Waals surface area contributed by atoms with Crippen molar-refractivity contribution in [2.45, 2.75) is 25.9 Å². The Bertz CT molecular complexity index is 356. The van der Waals surface area contributed by atoms with Gasteiger partial charge in [0.15, 0.2) is 0 Å². The number of aliphatic hydroxyl groups excluding tert-OH is 4. The molecule has 0 fully saturated rings. The van der Waals surface area contributed by atoms with Crippen LogP contribution in [0.15, 0.2) is 0 Å². The number of hydrogen-bond acceptors (Lipinski definition) is 10. The monoisotopic (exact) mass is 356 g/mol. The van der Waals surface area contributed by atoms with Gasteiger partial charge in [0, 0.05) is 13.7 Å². The minimum absolute atomic E-state index is 0.0718. The zero-order chi connectivity index (χ0) is 19.5. The van der Waals surface area contributed by atoms with Crippen LogP contribution < -0.4 is 0 Å². The molecule has 0 aromatic rings. The van der Waals surface area contributed by atoms with Crippen LogP contribution >= 0.6 is 0 Å². The molecule has 0 heterocycles. The number of rotatable bonds is 9. The average molecular weight is 356 g/mol. The highest BCUT2D eigenvalue weighted by molar-refractivity contribution is 5.92. The second-order valence-corrected chi connectivity index (χ2v) is 4.17. The molecular formula is C13H24O11. The molecule has 0 amide bonds. The van der Waals surface area contributed by atoms with Crippen molar-refractivity contribution in [2.75, 3.05) is 26.9 Å². The van der Waals surface area contributed by atoms with E-state index >= 15 is 0 Å². The molecule has 0 aromatic heterocycles. The van der Waals surface area contributed by atoms with Crippen LogP contribution in [0.2, 0.25) is 0 Å². The zero-order valence-corrected chi connectivity index (χ0v) is 13.5. The molecule has 0 radical (unpaired) electrons. The van der Waals surface area contributed by atoms with Crippen LogP contribution in [0.25, 0.3) is 0 Å². The number of carboxylic acids is 1. The van der Waals surface area contributed by atoms with Gasteiger partial charge >= 0.3 is 24.4 Å². The average Bonchev–Trinajstić information content (AvgIpc) is 2.54. The van der Waals surface area contributed by atoms with Crippen LogP contribution in [0.4, 0.5) is 0 Å². The summed E-state index contributed by atoms with van der Waals surface area (Å²) >= 11 is 0. The maximum atomic E-state index is 10.9. The first-order chi connectivity index (χ1) is 11.3. The molecule has 24 heavy (non-hydrogen) atoms. The largest absolute Gasteiger partial charge is 0.481 e. The molecular weight excluding hydrogens is 332 g/mol. The van der Waals surface area contributed by atoms with E-state index in [0.29, 0.717) is 0 Å². The second-order valence-electron chi connectivity index (χ2n) is 4.17. The van der Waals surface area contributed by atoms with Crippen LogP contribution in [-0.2, 0) is 28.7 Å². The molecule has 0 saturated carbocycles. The van der Waals surface area contributed by atoms with Gasteiger partial charge in [-0.1, -0.05) is 6.92 Å². The van der Waals surface area contributed by atoms with Crippen molar-refractivity contribution in [1.82, 2.24) is 0 Å². The van der Waals surface area contributed by atoms with Gasteiger partial charge in [0.2, 0.25) is 0 Å². The first-order valence-electron chi connectivity index (χ1n) is 6.61. The molecule has 0 aliphatic carbocycles. The Hall–Kier alpha value is -2.08. The lowest BCUT2D eigenvalue weighted by atomic mass is 10.1. The molecule has 0 aliphatic heterocycles. The van der Waals surface area contributed by atoms with Crippen molar-refractivity contribution in [3.05, 3.63) is 0 Å². The predicted octanol–water partition coefficient (Wildman–Crippen LogP) is -2.33.